The molecule has 3 aromatic carbocycles. The number of hydrogen-bond donors (Lipinski definition) is 1. The van der Waals surface area contributed by atoms with Crippen molar-refractivity contribution in [1.29, 1.82) is 5.26 Å². The Morgan fingerprint density at radius 1 is 1.00 bits per heavy atom. The number of primary amides is 1. The maximum Gasteiger partial charge on any atom is 0.241 e. The number of amides is 1. The molecule has 3 aromatic rings. The van der Waals surface area contributed by atoms with Crippen molar-refractivity contribution in [2.24, 2.45) is 11.1 Å². The van der Waals surface area contributed by atoms with E-state index in [1.807, 2.05) is 60.4 Å². The molecule has 2 aliphatic rings. The van der Waals surface area contributed by atoms with Crippen molar-refractivity contribution in [2.45, 2.75) is 24.9 Å². The second kappa shape index (κ2) is 9.14. The van der Waals surface area contributed by atoms with Gasteiger partial charge in [0.1, 0.15) is 6.04 Å². The van der Waals surface area contributed by atoms with E-state index in [-0.39, 0.29) is 5.78 Å². The molecule has 0 spiro atoms. The molecule has 4 atom stereocenters. The molecular weight excluding hydrogens is 466 g/mol. The Morgan fingerprint density at radius 3 is 2.35 bits per heavy atom. The van der Waals surface area contributed by atoms with Gasteiger partial charge in [-0.2, -0.15) is 5.26 Å². The third-order valence-electron chi connectivity index (χ3n) is 7.51. The molecule has 186 valence electrons. The molecule has 1 amide bonds. The molecule has 2 heterocycles. The fourth-order valence-electron chi connectivity index (χ4n) is 5.74. The number of ketones is 1. The van der Waals surface area contributed by atoms with Crippen LogP contribution in [0.4, 0.5) is 5.69 Å². The molecule has 7 heteroatoms. The number of benzene rings is 3. The molecule has 0 unspecified atom stereocenters. The van der Waals surface area contributed by atoms with Gasteiger partial charge in [0.15, 0.2) is 22.7 Å². The minimum absolute atomic E-state index is 0.201. The summed E-state index contributed by atoms with van der Waals surface area (Å²) in [6, 6.07) is 20.8. The highest BCUT2D eigenvalue weighted by molar-refractivity contribution is 6.06. The number of hydrogen-bond acceptors (Lipinski definition) is 6. The van der Waals surface area contributed by atoms with E-state index in [4.69, 9.17) is 15.2 Å². The molecule has 7 nitrogen and oxygen atoms in total. The van der Waals surface area contributed by atoms with Crippen LogP contribution in [0.1, 0.15) is 33.0 Å². The summed E-state index contributed by atoms with van der Waals surface area (Å²) >= 11 is 0. The van der Waals surface area contributed by atoms with Gasteiger partial charge in [0.05, 0.1) is 26.3 Å². The lowest BCUT2D eigenvalue weighted by Gasteiger charge is -2.36. The number of nitrogens with two attached hydrogens (primary N) is 1. The number of carbonyl (C=O) groups is 2. The van der Waals surface area contributed by atoms with Gasteiger partial charge in [0, 0.05) is 17.2 Å². The Kier molecular flexibility index (Phi) is 5.96. The second-order valence-electron chi connectivity index (χ2n) is 9.38. The van der Waals surface area contributed by atoms with Gasteiger partial charge in [-0.05, 0) is 36.2 Å². The van der Waals surface area contributed by atoms with Gasteiger partial charge in [-0.15, -0.1) is 0 Å². The number of ether oxygens (including phenoxy) is 2. The van der Waals surface area contributed by atoms with E-state index >= 15 is 0 Å². The molecule has 0 aromatic heterocycles. The van der Waals surface area contributed by atoms with E-state index in [1.54, 1.807) is 30.3 Å². The van der Waals surface area contributed by atoms with Gasteiger partial charge < -0.3 is 20.1 Å². The van der Waals surface area contributed by atoms with E-state index in [1.165, 1.54) is 14.2 Å². The summed E-state index contributed by atoms with van der Waals surface area (Å²) in [5.74, 6) is -0.945. The van der Waals surface area contributed by atoms with Crippen LogP contribution < -0.4 is 20.1 Å². The van der Waals surface area contributed by atoms with Crippen molar-refractivity contribution in [1.82, 2.24) is 0 Å². The number of anilines is 1. The molecule has 0 saturated carbocycles. The standard InChI is InChI=1S/C30H27N3O4/c1-18-8-10-20(11-9-18)28(34)27-26(21-12-14-23(36-2)24(16-21)37-3)30(17-31,29(32)35)25-15-13-19-6-4-5-7-22(19)33(25)27/h4-16,25-27H,1-3H3,(H2,32,35)/t25-,26-,27-,30-/m1/s1. The van der Waals surface area contributed by atoms with Crippen LogP contribution in [0.15, 0.2) is 72.8 Å². The zero-order chi connectivity index (χ0) is 26.3. The van der Waals surface area contributed by atoms with E-state index in [9.17, 15) is 14.9 Å². The molecule has 1 fully saturated rings. The summed E-state index contributed by atoms with van der Waals surface area (Å²) in [5, 5.41) is 10.7. The molecule has 0 bridgehead atoms. The van der Waals surface area contributed by atoms with Crippen molar-refractivity contribution in [2.75, 3.05) is 19.1 Å². The summed E-state index contributed by atoms with van der Waals surface area (Å²) in [4.78, 5) is 29.5. The predicted molar refractivity (Wildman–Crippen MR) is 141 cm³/mol. The number of para-hydroxylation sites is 1. The van der Waals surface area contributed by atoms with Gasteiger partial charge >= 0.3 is 0 Å². The van der Waals surface area contributed by atoms with Crippen molar-refractivity contribution in [3.8, 4) is 17.6 Å². The van der Waals surface area contributed by atoms with E-state index < -0.39 is 29.3 Å². The first kappa shape index (κ1) is 24.1. The van der Waals surface area contributed by atoms with Crippen LogP contribution in [0.2, 0.25) is 0 Å². The van der Waals surface area contributed by atoms with Crippen molar-refractivity contribution >= 4 is 23.5 Å². The fourth-order valence-corrected chi connectivity index (χ4v) is 5.74. The first-order valence-corrected chi connectivity index (χ1v) is 12.0. The Morgan fingerprint density at radius 2 is 1.70 bits per heavy atom. The summed E-state index contributed by atoms with van der Waals surface area (Å²) in [6.45, 7) is 1.95. The first-order chi connectivity index (χ1) is 17.9. The maximum atomic E-state index is 14.3. The Balaban J connectivity index is 1.81. The lowest BCUT2D eigenvalue weighted by atomic mass is 9.67. The van der Waals surface area contributed by atoms with Crippen LogP contribution in [0.5, 0.6) is 11.5 Å². The van der Waals surface area contributed by atoms with Crippen LogP contribution in [0, 0.1) is 23.7 Å². The SMILES string of the molecule is COc1ccc([C@@H]2[C@H](C(=O)c3ccc(C)cc3)N3c4ccccc4C=C[C@@H]3[C@@]2(C#N)C(N)=O)cc1OC. The van der Waals surface area contributed by atoms with Crippen molar-refractivity contribution in [3.05, 3.63) is 95.1 Å². The summed E-state index contributed by atoms with van der Waals surface area (Å²) in [5.41, 5.74) is 8.09. The minimum atomic E-state index is -1.73. The molecule has 0 aliphatic carbocycles. The maximum absolute atomic E-state index is 14.3. The normalized spacial score (nSPS) is 23.5. The zero-order valence-electron chi connectivity index (χ0n) is 20.8. The molecule has 1 saturated heterocycles. The molecule has 37 heavy (non-hydrogen) atoms. The number of nitriles is 1. The van der Waals surface area contributed by atoms with Crippen LogP contribution in [-0.2, 0) is 4.79 Å². The van der Waals surface area contributed by atoms with Gasteiger partial charge in [-0.1, -0.05) is 66.2 Å². The van der Waals surface area contributed by atoms with E-state index in [0.29, 0.717) is 22.6 Å². The number of rotatable bonds is 6. The van der Waals surface area contributed by atoms with Gasteiger partial charge in [-0.3, -0.25) is 9.59 Å². The summed E-state index contributed by atoms with van der Waals surface area (Å²) < 4.78 is 10.9. The van der Waals surface area contributed by atoms with Crippen molar-refractivity contribution in [3.63, 3.8) is 0 Å². The van der Waals surface area contributed by atoms with Crippen LogP contribution in [0.25, 0.3) is 6.08 Å². The summed E-state index contributed by atoms with van der Waals surface area (Å²) in [6.07, 6.45) is 3.70. The number of methoxy groups -OCH3 is 2. The highest BCUT2D eigenvalue weighted by atomic mass is 16.5. The fraction of sp³-hybridized carbons (Fsp3) is 0.233. The van der Waals surface area contributed by atoms with Crippen molar-refractivity contribution < 1.29 is 19.1 Å². The topological polar surface area (TPSA) is 106 Å². The average molecular weight is 494 g/mol. The van der Waals surface area contributed by atoms with Crippen LogP contribution >= 0.6 is 0 Å². The molecular formula is C30H27N3O4. The Bertz CT molecular complexity index is 1460. The third-order valence-corrected chi connectivity index (χ3v) is 7.51. The highest BCUT2D eigenvalue weighted by Crippen LogP contribution is 2.56. The number of carbonyl (C=O) groups excluding carboxylic acids is 2. The van der Waals surface area contributed by atoms with Crippen LogP contribution in [-0.4, -0.2) is 38.0 Å². The average Bonchev–Trinajstić information content (AvgIpc) is 3.24. The monoisotopic (exact) mass is 493 g/mol. The predicted octanol–water partition coefficient (Wildman–Crippen LogP) is 4.26. The minimum Gasteiger partial charge on any atom is -0.493 e. The lowest BCUT2D eigenvalue weighted by molar-refractivity contribution is -0.125. The van der Waals surface area contributed by atoms with Gasteiger partial charge in [0.2, 0.25) is 5.91 Å². The molecule has 2 aliphatic heterocycles. The van der Waals surface area contributed by atoms with Gasteiger partial charge in [0.25, 0.3) is 0 Å². The number of fused-ring (bicyclic) bond motifs is 3. The smallest absolute Gasteiger partial charge is 0.241 e. The Labute approximate surface area is 215 Å². The molecule has 5 rings (SSSR count). The van der Waals surface area contributed by atoms with E-state index in [0.717, 1.165) is 16.8 Å². The number of nitrogens with zero attached hydrogens (tertiary/aromatic N) is 2. The Hall–Kier alpha value is -4.57. The highest BCUT2D eigenvalue weighted by Gasteiger charge is 2.65. The molecule has 0 radical (unpaired) electrons. The first-order valence-electron chi connectivity index (χ1n) is 12.0. The van der Waals surface area contributed by atoms with Gasteiger partial charge in [-0.25, -0.2) is 0 Å². The van der Waals surface area contributed by atoms with E-state index in [2.05, 4.69) is 6.07 Å². The van der Waals surface area contributed by atoms with Crippen LogP contribution in [0.3, 0.4) is 0 Å². The number of aryl methyl sites for hydroxylation is 1. The second-order valence-corrected chi connectivity index (χ2v) is 9.38. The third kappa shape index (κ3) is 3.56. The lowest BCUT2D eigenvalue weighted by Crippen LogP contribution is -2.49. The largest absolute Gasteiger partial charge is 0.493 e. The number of Topliss-reactive ketones (excluding diaryl/α,β-unsaturated/α-hetero) is 1. The quantitative estimate of drug-likeness (QED) is 0.515. The zero-order valence-corrected chi connectivity index (χ0v) is 20.8. The summed E-state index contributed by atoms with van der Waals surface area (Å²) in [7, 11) is 3.04. The molecule has 2 N–H and O–H groups in total.